The number of carboxylic acid groups (broad SMARTS) is 1. The first-order chi connectivity index (χ1) is 11.5. The third-order valence-corrected chi connectivity index (χ3v) is 4.07. The van der Waals surface area contributed by atoms with Crippen LogP contribution in [0.5, 0.6) is 5.75 Å². The number of ketones is 1. The highest BCUT2D eigenvalue weighted by Crippen LogP contribution is 2.20. The Hall–Kier alpha value is -2.37. The lowest BCUT2D eigenvalue weighted by atomic mass is 10.1. The molecule has 1 heterocycles. The third kappa shape index (κ3) is 4.57. The summed E-state index contributed by atoms with van der Waals surface area (Å²) < 4.78 is 5.46. The summed E-state index contributed by atoms with van der Waals surface area (Å²) in [5, 5.41) is 9.10. The van der Waals surface area contributed by atoms with E-state index in [-0.39, 0.29) is 24.5 Å². The molecule has 1 aromatic rings. The minimum Gasteiger partial charge on any atom is -0.494 e. The minimum absolute atomic E-state index is 0.0384. The standard InChI is InChI=1S/C18H23NO5/c1-2-12-24-14-7-5-13(6-8-14)16(20)9-10-17(21)19-11-3-4-15(19)18(22)23/h5-8,15H,2-4,9-12H2,1H3,(H,22,23). The van der Waals surface area contributed by atoms with Crippen LogP contribution in [-0.2, 0) is 9.59 Å². The van der Waals surface area contributed by atoms with Gasteiger partial charge in [0.1, 0.15) is 11.8 Å². The molecule has 0 aromatic heterocycles. The van der Waals surface area contributed by atoms with E-state index in [1.807, 2.05) is 6.92 Å². The van der Waals surface area contributed by atoms with Gasteiger partial charge in [0, 0.05) is 24.9 Å². The molecule has 1 N–H and O–H groups in total. The van der Waals surface area contributed by atoms with E-state index in [0.717, 1.165) is 6.42 Å². The Morgan fingerprint density at radius 2 is 1.92 bits per heavy atom. The number of nitrogens with zero attached hydrogens (tertiary/aromatic N) is 1. The molecule has 1 aliphatic heterocycles. The number of likely N-dealkylation sites (tertiary alicyclic amines) is 1. The van der Waals surface area contributed by atoms with Gasteiger partial charge in [0.15, 0.2) is 5.78 Å². The maximum absolute atomic E-state index is 12.2. The summed E-state index contributed by atoms with van der Waals surface area (Å²) in [6.45, 7) is 3.10. The normalized spacial score (nSPS) is 16.9. The van der Waals surface area contributed by atoms with Gasteiger partial charge in [0.05, 0.1) is 6.61 Å². The van der Waals surface area contributed by atoms with E-state index < -0.39 is 12.0 Å². The van der Waals surface area contributed by atoms with Crippen LogP contribution in [0.1, 0.15) is 49.4 Å². The predicted molar refractivity (Wildman–Crippen MR) is 88.2 cm³/mol. The van der Waals surface area contributed by atoms with Crippen molar-refractivity contribution in [3.8, 4) is 5.75 Å². The van der Waals surface area contributed by atoms with Crippen LogP contribution in [0.2, 0.25) is 0 Å². The van der Waals surface area contributed by atoms with Gasteiger partial charge in [-0.15, -0.1) is 0 Å². The quantitative estimate of drug-likeness (QED) is 0.739. The molecule has 1 amide bonds. The van der Waals surface area contributed by atoms with E-state index in [4.69, 9.17) is 9.84 Å². The average Bonchev–Trinajstić information content (AvgIpc) is 3.08. The fourth-order valence-electron chi connectivity index (χ4n) is 2.79. The molecular weight excluding hydrogens is 310 g/mol. The SMILES string of the molecule is CCCOc1ccc(C(=O)CCC(=O)N2CCCC2C(=O)O)cc1. The monoisotopic (exact) mass is 333 g/mol. The van der Waals surface area contributed by atoms with Gasteiger partial charge in [0.25, 0.3) is 0 Å². The molecule has 0 bridgehead atoms. The van der Waals surface area contributed by atoms with Gasteiger partial charge >= 0.3 is 5.97 Å². The van der Waals surface area contributed by atoms with Crippen molar-refractivity contribution in [2.24, 2.45) is 0 Å². The van der Waals surface area contributed by atoms with E-state index in [1.54, 1.807) is 24.3 Å². The maximum atomic E-state index is 12.2. The zero-order valence-electron chi connectivity index (χ0n) is 13.9. The second-order valence-electron chi connectivity index (χ2n) is 5.88. The topological polar surface area (TPSA) is 83.9 Å². The number of amides is 1. The molecular formula is C18H23NO5. The molecule has 6 nitrogen and oxygen atoms in total. The summed E-state index contributed by atoms with van der Waals surface area (Å²) in [4.78, 5) is 36.8. The van der Waals surface area contributed by atoms with Gasteiger partial charge in [-0.3, -0.25) is 9.59 Å². The maximum Gasteiger partial charge on any atom is 0.326 e. The molecule has 1 unspecified atom stereocenters. The van der Waals surface area contributed by atoms with Gasteiger partial charge < -0.3 is 14.7 Å². The van der Waals surface area contributed by atoms with Crippen molar-refractivity contribution in [3.63, 3.8) is 0 Å². The number of rotatable bonds is 8. The summed E-state index contributed by atoms with van der Waals surface area (Å²) in [6, 6.07) is 6.11. The fraction of sp³-hybridized carbons (Fsp3) is 0.500. The number of Topliss-reactive ketones (excluding diaryl/α,β-unsaturated/α-hetero) is 1. The summed E-state index contributed by atoms with van der Waals surface area (Å²) >= 11 is 0. The van der Waals surface area contributed by atoms with Crippen molar-refractivity contribution in [2.45, 2.75) is 45.1 Å². The number of carbonyl (C=O) groups excluding carboxylic acids is 2. The van der Waals surface area contributed by atoms with Gasteiger partial charge in [-0.05, 0) is 43.5 Å². The molecule has 1 atom stereocenters. The highest BCUT2D eigenvalue weighted by atomic mass is 16.5. The molecule has 0 spiro atoms. The van der Waals surface area contributed by atoms with Crippen LogP contribution in [0.3, 0.4) is 0 Å². The Bertz CT molecular complexity index is 596. The third-order valence-electron chi connectivity index (χ3n) is 4.07. The number of carbonyl (C=O) groups is 3. The van der Waals surface area contributed by atoms with Gasteiger partial charge in [0.2, 0.25) is 5.91 Å². The molecule has 0 saturated carbocycles. The minimum atomic E-state index is -0.977. The van der Waals surface area contributed by atoms with Crippen LogP contribution >= 0.6 is 0 Å². The average molecular weight is 333 g/mol. The molecule has 130 valence electrons. The van der Waals surface area contributed by atoms with E-state index in [9.17, 15) is 14.4 Å². The first-order valence-corrected chi connectivity index (χ1v) is 8.31. The summed E-state index contributed by atoms with van der Waals surface area (Å²) in [7, 11) is 0. The smallest absolute Gasteiger partial charge is 0.326 e. The lowest BCUT2D eigenvalue weighted by molar-refractivity contribution is -0.148. The zero-order valence-corrected chi connectivity index (χ0v) is 13.9. The van der Waals surface area contributed by atoms with Gasteiger partial charge in [-0.2, -0.15) is 0 Å². The molecule has 6 heteroatoms. The Morgan fingerprint density at radius 3 is 2.54 bits per heavy atom. The number of ether oxygens (including phenoxy) is 1. The molecule has 1 fully saturated rings. The molecule has 1 aromatic carbocycles. The van der Waals surface area contributed by atoms with Crippen LogP contribution < -0.4 is 4.74 Å². The van der Waals surface area contributed by atoms with E-state index in [1.165, 1.54) is 4.90 Å². The van der Waals surface area contributed by atoms with Crippen LogP contribution in [0.4, 0.5) is 0 Å². The summed E-state index contributed by atoms with van der Waals surface area (Å²) in [5.74, 6) is -0.659. The Kier molecular flexibility index (Phi) is 6.35. The largest absolute Gasteiger partial charge is 0.494 e. The molecule has 24 heavy (non-hydrogen) atoms. The summed E-state index contributed by atoms with van der Waals surface area (Å²) in [6.07, 6.45) is 2.20. The molecule has 0 radical (unpaired) electrons. The van der Waals surface area contributed by atoms with Crippen molar-refractivity contribution < 1.29 is 24.2 Å². The van der Waals surface area contributed by atoms with Crippen molar-refractivity contribution in [2.75, 3.05) is 13.2 Å². The second kappa shape index (κ2) is 8.47. The van der Waals surface area contributed by atoms with Crippen LogP contribution in [0, 0.1) is 0 Å². The van der Waals surface area contributed by atoms with Crippen LogP contribution in [0.25, 0.3) is 0 Å². The van der Waals surface area contributed by atoms with E-state index in [0.29, 0.717) is 37.3 Å². The Morgan fingerprint density at radius 1 is 1.21 bits per heavy atom. The molecule has 1 aliphatic rings. The number of benzene rings is 1. The number of aliphatic carboxylic acids is 1. The molecule has 0 aliphatic carbocycles. The molecule has 1 saturated heterocycles. The van der Waals surface area contributed by atoms with E-state index >= 15 is 0 Å². The summed E-state index contributed by atoms with van der Waals surface area (Å²) in [5.41, 5.74) is 0.530. The number of hydrogen-bond donors (Lipinski definition) is 1. The van der Waals surface area contributed by atoms with E-state index in [2.05, 4.69) is 0 Å². The lowest BCUT2D eigenvalue weighted by Gasteiger charge is -2.21. The second-order valence-corrected chi connectivity index (χ2v) is 5.88. The van der Waals surface area contributed by atoms with Crippen molar-refractivity contribution in [1.29, 1.82) is 0 Å². The van der Waals surface area contributed by atoms with Gasteiger partial charge in [-0.1, -0.05) is 6.92 Å². The number of hydrogen-bond acceptors (Lipinski definition) is 4. The molecule has 2 rings (SSSR count). The first-order valence-electron chi connectivity index (χ1n) is 8.31. The first kappa shape index (κ1) is 18.0. The lowest BCUT2D eigenvalue weighted by Crippen LogP contribution is -2.40. The van der Waals surface area contributed by atoms with Gasteiger partial charge in [-0.25, -0.2) is 4.79 Å². The Labute approximate surface area is 141 Å². The van der Waals surface area contributed by atoms with Crippen molar-refractivity contribution in [3.05, 3.63) is 29.8 Å². The van der Waals surface area contributed by atoms with Crippen LogP contribution in [0.15, 0.2) is 24.3 Å². The predicted octanol–water partition coefficient (Wildman–Crippen LogP) is 2.51. The highest BCUT2D eigenvalue weighted by Gasteiger charge is 2.33. The van der Waals surface area contributed by atoms with Crippen molar-refractivity contribution in [1.82, 2.24) is 4.90 Å². The number of carboxylic acids is 1. The zero-order chi connectivity index (χ0) is 17.5. The van der Waals surface area contributed by atoms with Crippen LogP contribution in [-0.4, -0.2) is 46.9 Å². The highest BCUT2D eigenvalue weighted by molar-refractivity contribution is 5.98. The Balaban J connectivity index is 1.86. The fourth-order valence-corrected chi connectivity index (χ4v) is 2.79. The van der Waals surface area contributed by atoms with Crippen molar-refractivity contribution >= 4 is 17.7 Å².